The molecule has 1 amide bonds. The molecule has 4 rings (SSSR count). The summed E-state index contributed by atoms with van der Waals surface area (Å²) in [6.07, 6.45) is 7.51. The zero-order chi connectivity index (χ0) is 20.2. The molecule has 0 saturated carbocycles. The van der Waals surface area contributed by atoms with E-state index >= 15 is 0 Å². The lowest BCUT2D eigenvalue weighted by Crippen LogP contribution is -2.31. The number of amides is 1. The molecular formula is C23H22N4O2. The normalized spacial score (nSPS) is 11.8. The van der Waals surface area contributed by atoms with Gasteiger partial charge in [-0.15, -0.1) is 0 Å². The number of hydrogen-bond donors (Lipinski definition) is 1. The molecule has 6 heteroatoms. The highest BCUT2D eigenvalue weighted by molar-refractivity contribution is 5.94. The topological polar surface area (TPSA) is 61.1 Å². The number of nitrogens with zero attached hydrogens (tertiary/aromatic N) is 3. The molecule has 0 aliphatic carbocycles. The molecule has 0 aliphatic heterocycles. The van der Waals surface area contributed by atoms with Crippen LogP contribution in [0.25, 0.3) is 5.69 Å². The number of carbonyl (C=O) groups is 1. The van der Waals surface area contributed by atoms with Crippen molar-refractivity contribution >= 4 is 5.91 Å². The van der Waals surface area contributed by atoms with Gasteiger partial charge in [0.15, 0.2) is 0 Å². The fraction of sp³-hybridized carbons (Fsp3) is 0.130. The van der Waals surface area contributed by atoms with Gasteiger partial charge in [0.2, 0.25) is 0 Å². The predicted molar refractivity (Wildman–Crippen MR) is 111 cm³/mol. The first-order valence-corrected chi connectivity index (χ1v) is 9.32. The molecule has 0 spiro atoms. The van der Waals surface area contributed by atoms with Gasteiger partial charge in [-0.2, -0.15) is 0 Å². The highest BCUT2D eigenvalue weighted by atomic mass is 16.5. The van der Waals surface area contributed by atoms with Crippen molar-refractivity contribution in [1.29, 1.82) is 0 Å². The number of carbonyl (C=O) groups excluding carboxylic acids is 1. The van der Waals surface area contributed by atoms with E-state index in [4.69, 9.17) is 4.74 Å². The van der Waals surface area contributed by atoms with Gasteiger partial charge in [0.1, 0.15) is 17.6 Å². The van der Waals surface area contributed by atoms with Gasteiger partial charge >= 0.3 is 0 Å². The average molecular weight is 386 g/mol. The highest BCUT2D eigenvalue weighted by Crippen LogP contribution is 2.29. The minimum atomic E-state index is -0.442. The molecule has 0 aliphatic rings. The van der Waals surface area contributed by atoms with Crippen LogP contribution in [0.15, 0.2) is 85.5 Å². The van der Waals surface area contributed by atoms with Crippen LogP contribution >= 0.6 is 0 Å². The smallest absolute Gasteiger partial charge is 0.252 e. The third-order valence-electron chi connectivity index (χ3n) is 4.87. The van der Waals surface area contributed by atoms with Crippen molar-refractivity contribution in [3.63, 3.8) is 0 Å². The first kappa shape index (κ1) is 18.6. The lowest BCUT2D eigenvalue weighted by molar-refractivity contribution is 0.0941. The Balaban J connectivity index is 1.64. The van der Waals surface area contributed by atoms with Crippen LogP contribution in [0, 0.1) is 0 Å². The Morgan fingerprint density at radius 1 is 1.00 bits per heavy atom. The van der Waals surface area contributed by atoms with E-state index in [1.54, 1.807) is 13.3 Å². The standard InChI is InChI=1S/C23H22N4O2/c1-26-16-13-24-22(26)21(19-7-3-4-8-20(19)29-2)25-23(28)17-9-11-18(12-10-17)27-14-5-6-15-27/h3-16,21H,1-2H3,(H,25,28). The summed E-state index contributed by atoms with van der Waals surface area (Å²) in [6, 6.07) is 18.6. The van der Waals surface area contributed by atoms with Crippen molar-refractivity contribution in [2.24, 2.45) is 7.05 Å². The van der Waals surface area contributed by atoms with E-state index in [1.165, 1.54) is 0 Å². The quantitative estimate of drug-likeness (QED) is 0.549. The molecule has 0 saturated heterocycles. The lowest BCUT2D eigenvalue weighted by Gasteiger charge is -2.21. The van der Waals surface area contributed by atoms with Gasteiger partial charge in [-0.3, -0.25) is 4.79 Å². The van der Waals surface area contributed by atoms with E-state index < -0.39 is 6.04 Å². The Morgan fingerprint density at radius 2 is 1.72 bits per heavy atom. The minimum absolute atomic E-state index is 0.178. The van der Waals surface area contributed by atoms with Crippen LogP contribution < -0.4 is 10.1 Å². The van der Waals surface area contributed by atoms with Crippen molar-refractivity contribution in [3.05, 3.63) is 102 Å². The number of rotatable bonds is 6. The van der Waals surface area contributed by atoms with E-state index in [0.717, 1.165) is 17.1 Å². The molecule has 146 valence electrons. The van der Waals surface area contributed by atoms with E-state index in [1.807, 2.05) is 95.4 Å². The molecule has 2 heterocycles. The summed E-state index contributed by atoms with van der Waals surface area (Å²) >= 11 is 0. The van der Waals surface area contributed by atoms with Crippen molar-refractivity contribution in [1.82, 2.24) is 19.4 Å². The first-order valence-electron chi connectivity index (χ1n) is 9.32. The average Bonchev–Trinajstić information content (AvgIpc) is 3.44. The highest BCUT2D eigenvalue weighted by Gasteiger charge is 2.24. The first-order chi connectivity index (χ1) is 14.2. The molecule has 6 nitrogen and oxygen atoms in total. The Bertz CT molecular complexity index is 1100. The Kier molecular flexibility index (Phi) is 5.16. The summed E-state index contributed by atoms with van der Waals surface area (Å²) in [4.78, 5) is 17.5. The van der Waals surface area contributed by atoms with Crippen LogP contribution in [0.3, 0.4) is 0 Å². The summed E-state index contributed by atoms with van der Waals surface area (Å²) in [5, 5.41) is 3.11. The second-order valence-corrected chi connectivity index (χ2v) is 6.68. The molecule has 0 bridgehead atoms. The van der Waals surface area contributed by atoms with E-state index in [0.29, 0.717) is 11.3 Å². The van der Waals surface area contributed by atoms with Crippen molar-refractivity contribution < 1.29 is 9.53 Å². The predicted octanol–water partition coefficient (Wildman–Crippen LogP) is 3.74. The maximum absolute atomic E-state index is 13.0. The zero-order valence-electron chi connectivity index (χ0n) is 16.3. The van der Waals surface area contributed by atoms with E-state index in [2.05, 4.69) is 10.3 Å². The number of para-hydroxylation sites is 1. The number of ether oxygens (including phenoxy) is 1. The largest absolute Gasteiger partial charge is 0.496 e. The molecular weight excluding hydrogens is 364 g/mol. The fourth-order valence-electron chi connectivity index (χ4n) is 3.35. The third kappa shape index (κ3) is 3.78. The van der Waals surface area contributed by atoms with E-state index in [9.17, 15) is 4.79 Å². The summed E-state index contributed by atoms with van der Waals surface area (Å²) in [7, 11) is 3.53. The van der Waals surface area contributed by atoms with Crippen LogP contribution in [0.2, 0.25) is 0 Å². The van der Waals surface area contributed by atoms with Gasteiger partial charge in [-0.05, 0) is 42.5 Å². The number of aryl methyl sites for hydroxylation is 1. The molecule has 1 unspecified atom stereocenters. The fourth-order valence-corrected chi connectivity index (χ4v) is 3.35. The van der Waals surface area contributed by atoms with Crippen molar-refractivity contribution in [2.45, 2.75) is 6.04 Å². The van der Waals surface area contributed by atoms with Crippen molar-refractivity contribution in [2.75, 3.05) is 7.11 Å². The summed E-state index contributed by atoms with van der Waals surface area (Å²) < 4.78 is 9.41. The molecule has 1 atom stereocenters. The maximum Gasteiger partial charge on any atom is 0.252 e. The molecule has 2 aromatic carbocycles. The van der Waals surface area contributed by atoms with Crippen LogP contribution in [-0.4, -0.2) is 27.1 Å². The number of imidazole rings is 1. The SMILES string of the molecule is COc1ccccc1C(NC(=O)c1ccc(-n2cccc2)cc1)c1nccn1C. The molecule has 4 aromatic rings. The summed E-state index contributed by atoms with van der Waals surface area (Å²) in [5.41, 5.74) is 2.42. The Morgan fingerprint density at radius 3 is 2.38 bits per heavy atom. The van der Waals surface area contributed by atoms with Gasteiger partial charge in [0, 0.05) is 48.6 Å². The monoisotopic (exact) mass is 386 g/mol. The number of methoxy groups -OCH3 is 1. The number of nitrogens with one attached hydrogen (secondary N) is 1. The molecule has 1 N–H and O–H groups in total. The third-order valence-corrected chi connectivity index (χ3v) is 4.87. The molecule has 0 radical (unpaired) electrons. The van der Waals surface area contributed by atoms with Crippen LogP contribution in [0.1, 0.15) is 27.8 Å². The second kappa shape index (κ2) is 8.06. The Labute approximate surface area is 169 Å². The second-order valence-electron chi connectivity index (χ2n) is 6.68. The maximum atomic E-state index is 13.0. The minimum Gasteiger partial charge on any atom is -0.496 e. The van der Waals surface area contributed by atoms with Crippen LogP contribution in [-0.2, 0) is 7.05 Å². The summed E-state index contributed by atoms with van der Waals surface area (Å²) in [6.45, 7) is 0. The molecule has 29 heavy (non-hydrogen) atoms. The zero-order valence-corrected chi connectivity index (χ0v) is 16.3. The van der Waals surface area contributed by atoms with Gasteiger partial charge < -0.3 is 19.2 Å². The van der Waals surface area contributed by atoms with Gasteiger partial charge in [0.25, 0.3) is 5.91 Å². The number of aromatic nitrogens is 3. The van der Waals surface area contributed by atoms with E-state index in [-0.39, 0.29) is 5.91 Å². The van der Waals surface area contributed by atoms with Gasteiger partial charge in [0.05, 0.1) is 7.11 Å². The van der Waals surface area contributed by atoms with Crippen molar-refractivity contribution in [3.8, 4) is 11.4 Å². The van der Waals surface area contributed by atoms with Gasteiger partial charge in [-0.25, -0.2) is 4.98 Å². The lowest BCUT2D eigenvalue weighted by atomic mass is 10.0. The molecule has 0 fully saturated rings. The van der Waals surface area contributed by atoms with Crippen LogP contribution in [0.4, 0.5) is 0 Å². The van der Waals surface area contributed by atoms with Gasteiger partial charge in [-0.1, -0.05) is 18.2 Å². The Hall–Kier alpha value is -3.80. The molecule has 2 aromatic heterocycles. The number of benzene rings is 2. The van der Waals surface area contributed by atoms with Crippen LogP contribution in [0.5, 0.6) is 5.75 Å². The number of hydrogen-bond acceptors (Lipinski definition) is 3. The summed E-state index contributed by atoms with van der Waals surface area (Å²) in [5.74, 6) is 1.25.